The third-order valence-electron chi connectivity index (χ3n) is 4.24. The Morgan fingerprint density at radius 2 is 1.90 bits per heavy atom. The van der Waals surface area contributed by atoms with Crippen molar-refractivity contribution in [3.63, 3.8) is 0 Å². The number of hydrogen-bond donors (Lipinski definition) is 2. The highest BCUT2D eigenvalue weighted by atomic mass is 16.3. The average molecular weight is 267 g/mol. The van der Waals surface area contributed by atoms with Gasteiger partial charge in [-0.2, -0.15) is 0 Å². The molecule has 104 valence electrons. The third kappa shape index (κ3) is 2.62. The normalized spacial score (nSPS) is 18.8. The summed E-state index contributed by atoms with van der Waals surface area (Å²) in [6.07, 6.45) is 1.82. The Morgan fingerprint density at radius 3 is 2.75 bits per heavy atom. The molecule has 20 heavy (non-hydrogen) atoms. The van der Waals surface area contributed by atoms with Gasteiger partial charge in [0.15, 0.2) is 0 Å². The van der Waals surface area contributed by atoms with Crippen molar-refractivity contribution >= 4 is 0 Å². The number of fused-ring (bicyclic) bond motifs is 1. The standard InChI is InChI=1S/C18H21NO/c1-13-6-2-4-8-15(13)18(20)12-19-17-11-10-14-7-3-5-9-16(14)17/h2-9,17-20H,10-12H2,1H3. The fraction of sp³-hybridized carbons (Fsp3) is 0.333. The number of hydrogen-bond acceptors (Lipinski definition) is 2. The van der Waals surface area contributed by atoms with E-state index in [1.807, 2.05) is 31.2 Å². The molecule has 0 heterocycles. The Balaban J connectivity index is 1.65. The molecule has 2 nitrogen and oxygen atoms in total. The van der Waals surface area contributed by atoms with Gasteiger partial charge in [0, 0.05) is 12.6 Å². The van der Waals surface area contributed by atoms with E-state index in [-0.39, 0.29) is 0 Å². The van der Waals surface area contributed by atoms with Crippen molar-refractivity contribution in [3.05, 3.63) is 70.8 Å². The first-order valence-electron chi connectivity index (χ1n) is 7.30. The summed E-state index contributed by atoms with van der Waals surface area (Å²) in [4.78, 5) is 0. The van der Waals surface area contributed by atoms with Gasteiger partial charge in [0.25, 0.3) is 0 Å². The second-order valence-electron chi connectivity index (χ2n) is 5.57. The molecule has 2 aromatic rings. The van der Waals surface area contributed by atoms with Crippen LogP contribution in [-0.2, 0) is 6.42 Å². The molecule has 1 aliphatic rings. The van der Waals surface area contributed by atoms with E-state index in [1.165, 1.54) is 11.1 Å². The molecule has 0 aromatic heterocycles. The molecule has 0 spiro atoms. The summed E-state index contributed by atoms with van der Waals surface area (Å²) in [7, 11) is 0. The summed E-state index contributed by atoms with van der Waals surface area (Å²) >= 11 is 0. The Labute approximate surface area is 120 Å². The zero-order valence-electron chi connectivity index (χ0n) is 11.8. The largest absolute Gasteiger partial charge is 0.387 e. The van der Waals surface area contributed by atoms with Crippen LogP contribution in [0.2, 0.25) is 0 Å². The zero-order chi connectivity index (χ0) is 13.9. The monoisotopic (exact) mass is 267 g/mol. The maximum atomic E-state index is 10.3. The van der Waals surface area contributed by atoms with E-state index >= 15 is 0 Å². The average Bonchev–Trinajstić information content (AvgIpc) is 2.88. The fourth-order valence-corrected chi connectivity index (χ4v) is 3.09. The number of aliphatic hydroxyl groups excluding tert-OH is 1. The zero-order valence-corrected chi connectivity index (χ0v) is 11.8. The van der Waals surface area contributed by atoms with Crippen LogP contribution in [0.1, 0.15) is 40.8 Å². The summed E-state index contributed by atoms with van der Waals surface area (Å²) in [5.74, 6) is 0. The van der Waals surface area contributed by atoms with Gasteiger partial charge in [-0.1, -0.05) is 48.5 Å². The third-order valence-corrected chi connectivity index (χ3v) is 4.24. The van der Waals surface area contributed by atoms with Crippen molar-refractivity contribution in [1.82, 2.24) is 5.32 Å². The van der Waals surface area contributed by atoms with Gasteiger partial charge in [-0.05, 0) is 42.0 Å². The number of aliphatic hydroxyl groups is 1. The Bertz CT molecular complexity index is 593. The van der Waals surface area contributed by atoms with E-state index in [0.29, 0.717) is 12.6 Å². The van der Waals surface area contributed by atoms with Gasteiger partial charge >= 0.3 is 0 Å². The van der Waals surface area contributed by atoms with Crippen LogP contribution in [0.15, 0.2) is 48.5 Å². The van der Waals surface area contributed by atoms with E-state index < -0.39 is 6.10 Å². The van der Waals surface area contributed by atoms with Gasteiger partial charge in [-0.15, -0.1) is 0 Å². The molecule has 2 atom stereocenters. The second kappa shape index (κ2) is 5.78. The van der Waals surface area contributed by atoms with Gasteiger partial charge in [-0.3, -0.25) is 0 Å². The first-order valence-corrected chi connectivity index (χ1v) is 7.30. The quantitative estimate of drug-likeness (QED) is 0.891. The number of aryl methyl sites for hydroxylation is 2. The molecule has 2 unspecified atom stereocenters. The molecular formula is C18H21NO. The van der Waals surface area contributed by atoms with Crippen LogP contribution in [0.25, 0.3) is 0 Å². The van der Waals surface area contributed by atoms with Crippen molar-refractivity contribution in [2.45, 2.75) is 31.9 Å². The van der Waals surface area contributed by atoms with E-state index in [9.17, 15) is 5.11 Å². The SMILES string of the molecule is Cc1ccccc1C(O)CNC1CCc2ccccc21. The van der Waals surface area contributed by atoms with Crippen LogP contribution < -0.4 is 5.32 Å². The minimum Gasteiger partial charge on any atom is -0.387 e. The first kappa shape index (κ1) is 13.3. The molecule has 3 rings (SSSR count). The van der Waals surface area contributed by atoms with Gasteiger partial charge in [0.05, 0.1) is 6.10 Å². The van der Waals surface area contributed by atoms with Crippen molar-refractivity contribution in [2.24, 2.45) is 0 Å². The molecule has 2 heteroatoms. The molecule has 0 amide bonds. The highest BCUT2D eigenvalue weighted by molar-refractivity contribution is 5.34. The number of benzene rings is 2. The fourth-order valence-electron chi connectivity index (χ4n) is 3.09. The number of rotatable bonds is 4. The molecule has 1 aliphatic carbocycles. The van der Waals surface area contributed by atoms with E-state index in [4.69, 9.17) is 0 Å². The number of nitrogens with one attached hydrogen (secondary N) is 1. The van der Waals surface area contributed by atoms with Crippen molar-refractivity contribution in [1.29, 1.82) is 0 Å². The maximum absolute atomic E-state index is 10.3. The van der Waals surface area contributed by atoms with Crippen molar-refractivity contribution in [2.75, 3.05) is 6.54 Å². The highest BCUT2D eigenvalue weighted by Crippen LogP contribution is 2.31. The second-order valence-corrected chi connectivity index (χ2v) is 5.57. The molecule has 0 saturated carbocycles. The lowest BCUT2D eigenvalue weighted by Crippen LogP contribution is -2.25. The lowest BCUT2D eigenvalue weighted by molar-refractivity contribution is 0.169. The van der Waals surface area contributed by atoms with E-state index in [2.05, 4.69) is 29.6 Å². The van der Waals surface area contributed by atoms with Crippen molar-refractivity contribution < 1.29 is 5.11 Å². The molecule has 2 N–H and O–H groups in total. The molecular weight excluding hydrogens is 246 g/mol. The van der Waals surface area contributed by atoms with Gasteiger partial charge in [0.2, 0.25) is 0 Å². The van der Waals surface area contributed by atoms with Crippen molar-refractivity contribution in [3.8, 4) is 0 Å². The van der Waals surface area contributed by atoms with Crippen LogP contribution in [0, 0.1) is 6.92 Å². The topological polar surface area (TPSA) is 32.3 Å². The molecule has 0 saturated heterocycles. The summed E-state index contributed by atoms with van der Waals surface area (Å²) in [6.45, 7) is 2.65. The van der Waals surface area contributed by atoms with E-state index in [1.54, 1.807) is 0 Å². The van der Waals surface area contributed by atoms with Crippen LogP contribution in [-0.4, -0.2) is 11.7 Å². The van der Waals surface area contributed by atoms with E-state index in [0.717, 1.165) is 24.0 Å². The minimum absolute atomic E-state index is 0.380. The summed E-state index contributed by atoms with van der Waals surface area (Å²) in [6, 6.07) is 17.0. The van der Waals surface area contributed by atoms with Crippen LogP contribution in [0.4, 0.5) is 0 Å². The summed E-state index contributed by atoms with van der Waals surface area (Å²) < 4.78 is 0. The van der Waals surface area contributed by atoms with Gasteiger partial charge in [0.1, 0.15) is 0 Å². The first-order chi connectivity index (χ1) is 9.75. The molecule has 0 fully saturated rings. The Morgan fingerprint density at radius 1 is 1.15 bits per heavy atom. The Hall–Kier alpha value is -1.64. The molecule has 0 bridgehead atoms. The summed E-state index contributed by atoms with van der Waals surface area (Å²) in [5.41, 5.74) is 5.00. The lowest BCUT2D eigenvalue weighted by atomic mass is 10.0. The predicted octanol–water partition coefficient (Wildman–Crippen LogP) is 3.31. The molecule has 2 aromatic carbocycles. The summed E-state index contributed by atoms with van der Waals surface area (Å²) in [5, 5.41) is 13.9. The predicted molar refractivity (Wildman–Crippen MR) is 81.6 cm³/mol. The molecule has 0 radical (unpaired) electrons. The maximum Gasteiger partial charge on any atom is 0.0917 e. The smallest absolute Gasteiger partial charge is 0.0917 e. The lowest BCUT2D eigenvalue weighted by Gasteiger charge is -2.19. The van der Waals surface area contributed by atoms with Crippen LogP contribution >= 0.6 is 0 Å². The Kier molecular flexibility index (Phi) is 3.86. The van der Waals surface area contributed by atoms with Crippen LogP contribution in [0.5, 0.6) is 0 Å². The minimum atomic E-state index is -0.441. The highest BCUT2D eigenvalue weighted by Gasteiger charge is 2.22. The van der Waals surface area contributed by atoms with Crippen LogP contribution in [0.3, 0.4) is 0 Å². The van der Waals surface area contributed by atoms with Gasteiger partial charge in [-0.25, -0.2) is 0 Å². The molecule has 0 aliphatic heterocycles. The van der Waals surface area contributed by atoms with Gasteiger partial charge < -0.3 is 10.4 Å².